The number of fused-ring (bicyclic) bond motifs is 1. The van der Waals surface area contributed by atoms with E-state index >= 15 is 0 Å². The van der Waals surface area contributed by atoms with Crippen LogP contribution < -0.4 is 11.1 Å². The average molecular weight is 342 g/mol. The minimum absolute atomic E-state index is 0.0469. The third-order valence-corrected chi connectivity index (χ3v) is 3.79. The molecule has 0 saturated heterocycles. The molecule has 3 N–H and O–H groups in total. The lowest BCUT2D eigenvalue weighted by Gasteiger charge is -2.09. The number of halogens is 2. The number of nitrogens with one attached hydrogen (secondary N) is 1. The van der Waals surface area contributed by atoms with E-state index in [9.17, 15) is 13.6 Å². The van der Waals surface area contributed by atoms with Crippen LogP contribution in [0.3, 0.4) is 0 Å². The Morgan fingerprint density at radius 1 is 1.16 bits per heavy atom. The summed E-state index contributed by atoms with van der Waals surface area (Å²) in [5, 5.41) is 11.1. The first-order chi connectivity index (χ1) is 12.0. The van der Waals surface area contributed by atoms with Gasteiger partial charge in [-0.25, -0.2) is 8.78 Å². The SMILES string of the molecule is CCCNC(=O)c1nnc2cc(-c3cc(F)ccc3F)ccc2c1N. The summed E-state index contributed by atoms with van der Waals surface area (Å²) in [4.78, 5) is 12.1. The van der Waals surface area contributed by atoms with E-state index in [-0.39, 0.29) is 16.9 Å². The van der Waals surface area contributed by atoms with E-state index in [1.54, 1.807) is 18.2 Å². The molecular weight excluding hydrogens is 326 g/mol. The van der Waals surface area contributed by atoms with Gasteiger partial charge in [0.05, 0.1) is 11.2 Å². The zero-order chi connectivity index (χ0) is 18.0. The number of anilines is 1. The lowest BCUT2D eigenvalue weighted by atomic mass is 10.0. The monoisotopic (exact) mass is 342 g/mol. The van der Waals surface area contributed by atoms with Gasteiger partial charge in [-0.05, 0) is 42.3 Å². The minimum atomic E-state index is -0.544. The summed E-state index contributed by atoms with van der Waals surface area (Å²) >= 11 is 0. The number of benzene rings is 2. The van der Waals surface area contributed by atoms with Crippen LogP contribution in [-0.2, 0) is 0 Å². The van der Waals surface area contributed by atoms with Gasteiger partial charge in [-0.3, -0.25) is 4.79 Å². The van der Waals surface area contributed by atoms with Crippen LogP contribution in [-0.4, -0.2) is 22.6 Å². The van der Waals surface area contributed by atoms with Crippen molar-refractivity contribution in [2.45, 2.75) is 13.3 Å². The van der Waals surface area contributed by atoms with Gasteiger partial charge in [0.1, 0.15) is 11.6 Å². The molecule has 0 aliphatic heterocycles. The van der Waals surface area contributed by atoms with Gasteiger partial charge in [-0.2, -0.15) is 0 Å². The Labute approximate surface area is 142 Å². The highest BCUT2D eigenvalue weighted by Gasteiger charge is 2.16. The third kappa shape index (κ3) is 3.26. The Morgan fingerprint density at radius 3 is 2.72 bits per heavy atom. The van der Waals surface area contributed by atoms with Gasteiger partial charge in [-0.15, -0.1) is 10.2 Å². The summed E-state index contributed by atoms with van der Waals surface area (Å²) in [6.07, 6.45) is 0.787. The molecule has 1 amide bonds. The predicted molar refractivity (Wildman–Crippen MR) is 91.9 cm³/mol. The van der Waals surface area contributed by atoms with Crippen molar-refractivity contribution in [2.75, 3.05) is 12.3 Å². The van der Waals surface area contributed by atoms with Gasteiger partial charge in [0.25, 0.3) is 5.91 Å². The number of hydrogen-bond donors (Lipinski definition) is 2. The van der Waals surface area contributed by atoms with Crippen molar-refractivity contribution in [1.29, 1.82) is 0 Å². The van der Waals surface area contributed by atoms with Crippen LogP contribution in [0.25, 0.3) is 22.0 Å². The Hall–Kier alpha value is -3.09. The molecule has 0 unspecified atom stereocenters. The zero-order valence-electron chi connectivity index (χ0n) is 13.5. The van der Waals surface area contributed by atoms with Crippen molar-refractivity contribution in [3.63, 3.8) is 0 Å². The van der Waals surface area contributed by atoms with Gasteiger partial charge in [0.2, 0.25) is 0 Å². The number of nitrogen functional groups attached to an aromatic ring is 1. The first-order valence-electron chi connectivity index (χ1n) is 7.80. The Kier molecular flexibility index (Phi) is 4.56. The first-order valence-corrected chi connectivity index (χ1v) is 7.80. The molecule has 5 nitrogen and oxygen atoms in total. The normalized spacial score (nSPS) is 10.8. The highest BCUT2D eigenvalue weighted by atomic mass is 19.1. The molecule has 3 rings (SSSR count). The lowest BCUT2D eigenvalue weighted by Crippen LogP contribution is -2.26. The molecule has 2 aromatic carbocycles. The zero-order valence-corrected chi connectivity index (χ0v) is 13.5. The second kappa shape index (κ2) is 6.80. The van der Waals surface area contributed by atoms with Crippen molar-refractivity contribution in [2.24, 2.45) is 0 Å². The molecule has 3 aromatic rings. The quantitative estimate of drug-likeness (QED) is 0.762. The maximum absolute atomic E-state index is 13.9. The molecule has 0 aliphatic carbocycles. The fraction of sp³-hybridized carbons (Fsp3) is 0.167. The molecule has 0 bridgehead atoms. The third-order valence-electron chi connectivity index (χ3n) is 3.79. The maximum atomic E-state index is 13.9. The van der Waals surface area contributed by atoms with Crippen LogP contribution >= 0.6 is 0 Å². The smallest absolute Gasteiger partial charge is 0.273 e. The summed E-state index contributed by atoms with van der Waals surface area (Å²) in [5.41, 5.74) is 7.24. The molecule has 0 spiro atoms. The van der Waals surface area contributed by atoms with Crippen LogP contribution in [0.2, 0.25) is 0 Å². The molecule has 0 aliphatic rings. The molecule has 0 radical (unpaired) electrons. The van der Waals surface area contributed by atoms with E-state index < -0.39 is 17.5 Å². The van der Waals surface area contributed by atoms with Crippen molar-refractivity contribution in [3.8, 4) is 11.1 Å². The van der Waals surface area contributed by atoms with Crippen LogP contribution in [0, 0.1) is 11.6 Å². The summed E-state index contributed by atoms with van der Waals surface area (Å²) < 4.78 is 27.3. The second-order valence-corrected chi connectivity index (χ2v) is 5.57. The Balaban J connectivity index is 2.05. The molecule has 1 aromatic heterocycles. The van der Waals surface area contributed by atoms with E-state index in [0.29, 0.717) is 23.0 Å². The lowest BCUT2D eigenvalue weighted by molar-refractivity contribution is 0.0949. The number of nitrogens with zero attached hydrogens (tertiary/aromatic N) is 2. The van der Waals surface area contributed by atoms with E-state index in [2.05, 4.69) is 15.5 Å². The van der Waals surface area contributed by atoms with E-state index in [1.807, 2.05) is 6.92 Å². The van der Waals surface area contributed by atoms with Crippen molar-refractivity contribution in [1.82, 2.24) is 15.5 Å². The fourth-order valence-corrected chi connectivity index (χ4v) is 2.50. The van der Waals surface area contributed by atoms with Gasteiger partial charge in [-0.1, -0.05) is 13.0 Å². The van der Waals surface area contributed by atoms with Gasteiger partial charge in [0.15, 0.2) is 5.69 Å². The van der Waals surface area contributed by atoms with E-state index in [0.717, 1.165) is 24.6 Å². The van der Waals surface area contributed by atoms with E-state index in [1.165, 1.54) is 0 Å². The second-order valence-electron chi connectivity index (χ2n) is 5.57. The fourth-order valence-electron chi connectivity index (χ4n) is 2.50. The first kappa shape index (κ1) is 16.8. The number of carbonyl (C=O) groups is 1. The van der Waals surface area contributed by atoms with E-state index in [4.69, 9.17) is 5.73 Å². The highest BCUT2D eigenvalue weighted by molar-refractivity contribution is 6.05. The highest BCUT2D eigenvalue weighted by Crippen LogP contribution is 2.29. The Morgan fingerprint density at radius 2 is 1.96 bits per heavy atom. The molecule has 1 heterocycles. The summed E-state index contributed by atoms with van der Waals surface area (Å²) in [7, 11) is 0. The molecule has 7 heteroatoms. The van der Waals surface area contributed by atoms with Crippen LogP contribution in [0.15, 0.2) is 36.4 Å². The topological polar surface area (TPSA) is 80.9 Å². The summed E-state index contributed by atoms with van der Waals surface area (Å²) in [5.74, 6) is -1.48. The maximum Gasteiger partial charge on any atom is 0.273 e. The van der Waals surface area contributed by atoms with Crippen LogP contribution in [0.4, 0.5) is 14.5 Å². The molecular formula is C18H16F2N4O. The number of rotatable bonds is 4. The number of carbonyl (C=O) groups excluding carboxylic acids is 1. The molecule has 25 heavy (non-hydrogen) atoms. The van der Waals surface area contributed by atoms with Gasteiger partial charge in [0, 0.05) is 17.5 Å². The molecule has 0 atom stereocenters. The number of nitrogens with two attached hydrogens (primary N) is 1. The molecule has 128 valence electrons. The summed E-state index contributed by atoms with van der Waals surface area (Å²) in [6.45, 7) is 2.44. The minimum Gasteiger partial charge on any atom is -0.396 e. The predicted octanol–water partition coefficient (Wildman–Crippen LogP) is 3.30. The number of hydrogen-bond acceptors (Lipinski definition) is 4. The molecule has 0 fully saturated rings. The van der Waals surface area contributed by atoms with Crippen molar-refractivity contribution < 1.29 is 13.6 Å². The number of amides is 1. The standard InChI is InChI=1S/C18H16F2N4O/c1-2-7-22-18(25)17-16(21)12-5-3-10(8-15(12)23-24-17)13-9-11(19)4-6-14(13)20/h3-6,8-9H,2,7H2,1H3,(H2,21,23)(H,22,25). The van der Waals surface area contributed by atoms with Crippen molar-refractivity contribution >= 4 is 22.5 Å². The van der Waals surface area contributed by atoms with Crippen molar-refractivity contribution in [3.05, 3.63) is 53.7 Å². The molecule has 0 saturated carbocycles. The van der Waals surface area contributed by atoms with Crippen LogP contribution in [0.5, 0.6) is 0 Å². The van der Waals surface area contributed by atoms with Gasteiger partial charge >= 0.3 is 0 Å². The average Bonchev–Trinajstić information content (AvgIpc) is 2.61. The largest absolute Gasteiger partial charge is 0.396 e. The number of aromatic nitrogens is 2. The van der Waals surface area contributed by atoms with Crippen LogP contribution in [0.1, 0.15) is 23.8 Å². The summed E-state index contributed by atoms with van der Waals surface area (Å²) in [6, 6.07) is 8.01. The Bertz CT molecular complexity index is 959. The van der Waals surface area contributed by atoms with Gasteiger partial charge < -0.3 is 11.1 Å².